The summed E-state index contributed by atoms with van der Waals surface area (Å²) < 4.78 is 11.0. The maximum absolute atomic E-state index is 9.82. The van der Waals surface area contributed by atoms with E-state index in [0.29, 0.717) is 25.3 Å². The van der Waals surface area contributed by atoms with E-state index >= 15 is 0 Å². The second-order valence-corrected chi connectivity index (χ2v) is 5.19. The number of hydrogen-bond acceptors (Lipinski definition) is 4. The van der Waals surface area contributed by atoms with Crippen LogP contribution in [-0.2, 0) is 9.47 Å². The molecule has 0 aromatic rings. The van der Waals surface area contributed by atoms with Crippen molar-refractivity contribution in [2.24, 2.45) is 0 Å². The Labute approximate surface area is 104 Å². The Hall–Kier alpha value is -0.160. The molecule has 4 nitrogen and oxygen atoms in total. The summed E-state index contributed by atoms with van der Waals surface area (Å²) in [4.78, 5) is 0. The van der Waals surface area contributed by atoms with E-state index in [0.717, 1.165) is 26.1 Å². The number of rotatable bonds is 6. The van der Waals surface area contributed by atoms with E-state index in [-0.39, 0.29) is 6.10 Å². The highest BCUT2D eigenvalue weighted by molar-refractivity contribution is 4.73. The van der Waals surface area contributed by atoms with Crippen LogP contribution in [-0.4, -0.2) is 49.7 Å². The highest BCUT2D eigenvalue weighted by Crippen LogP contribution is 2.20. The molecular weight excluding hydrogens is 218 g/mol. The van der Waals surface area contributed by atoms with Crippen molar-refractivity contribution >= 4 is 0 Å². The lowest BCUT2D eigenvalue weighted by atomic mass is 10.1. The molecule has 1 aliphatic heterocycles. The molecule has 1 atom stereocenters. The Morgan fingerprint density at radius 1 is 1.18 bits per heavy atom. The quantitative estimate of drug-likeness (QED) is 0.733. The van der Waals surface area contributed by atoms with Crippen LogP contribution in [0.5, 0.6) is 0 Å². The van der Waals surface area contributed by atoms with Gasteiger partial charge in [-0.05, 0) is 25.7 Å². The molecule has 2 aliphatic rings. The Morgan fingerprint density at radius 3 is 2.59 bits per heavy atom. The molecule has 1 saturated carbocycles. The number of hydrogen-bond donors (Lipinski definition) is 2. The first-order valence-electron chi connectivity index (χ1n) is 6.95. The summed E-state index contributed by atoms with van der Waals surface area (Å²) >= 11 is 0. The zero-order chi connectivity index (χ0) is 11.9. The summed E-state index contributed by atoms with van der Waals surface area (Å²) in [5.41, 5.74) is 0. The highest BCUT2D eigenvalue weighted by Gasteiger charge is 2.18. The zero-order valence-electron chi connectivity index (χ0n) is 10.6. The molecule has 2 fully saturated rings. The molecule has 1 heterocycles. The van der Waals surface area contributed by atoms with Crippen LogP contribution in [0.4, 0.5) is 0 Å². The fourth-order valence-corrected chi connectivity index (χ4v) is 2.57. The molecule has 0 aromatic carbocycles. The van der Waals surface area contributed by atoms with Gasteiger partial charge in [0.2, 0.25) is 0 Å². The van der Waals surface area contributed by atoms with Crippen LogP contribution >= 0.6 is 0 Å². The van der Waals surface area contributed by atoms with Gasteiger partial charge in [-0.15, -0.1) is 0 Å². The summed E-state index contributed by atoms with van der Waals surface area (Å²) in [6, 6.07) is 0.505. The second-order valence-electron chi connectivity index (χ2n) is 5.19. The van der Waals surface area contributed by atoms with Gasteiger partial charge in [0, 0.05) is 25.8 Å². The van der Waals surface area contributed by atoms with Gasteiger partial charge in [0.05, 0.1) is 18.8 Å². The van der Waals surface area contributed by atoms with Crippen molar-refractivity contribution in [3.63, 3.8) is 0 Å². The fourth-order valence-electron chi connectivity index (χ4n) is 2.57. The predicted octanol–water partition coefficient (Wildman–Crippen LogP) is 1.08. The third-order valence-corrected chi connectivity index (χ3v) is 3.69. The highest BCUT2D eigenvalue weighted by atomic mass is 16.5. The number of nitrogens with one attached hydrogen (secondary N) is 1. The Balaban J connectivity index is 1.52. The van der Waals surface area contributed by atoms with Crippen LogP contribution in [0.2, 0.25) is 0 Å². The van der Waals surface area contributed by atoms with Crippen molar-refractivity contribution in [3.05, 3.63) is 0 Å². The minimum absolute atomic E-state index is 0.376. The van der Waals surface area contributed by atoms with Gasteiger partial charge < -0.3 is 19.9 Å². The maximum atomic E-state index is 9.82. The Bertz CT molecular complexity index is 201. The number of aliphatic hydroxyl groups is 1. The molecule has 2 rings (SSSR count). The van der Waals surface area contributed by atoms with Crippen LogP contribution in [0.15, 0.2) is 0 Å². The van der Waals surface area contributed by atoms with Gasteiger partial charge in [-0.1, -0.05) is 12.8 Å². The molecule has 4 heteroatoms. The van der Waals surface area contributed by atoms with Crippen molar-refractivity contribution < 1.29 is 14.6 Å². The van der Waals surface area contributed by atoms with Crippen molar-refractivity contribution in [1.29, 1.82) is 0 Å². The van der Waals surface area contributed by atoms with Gasteiger partial charge in [-0.25, -0.2) is 0 Å². The molecule has 2 N–H and O–H groups in total. The average molecular weight is 243 g/mol. The Morgan fingerprint density at radius 2 is 1.88 bits per heavy atom. The minimum Gasteiger partial charge on any atom is -0.389 e. The SMILES string of the molecule is OC(CNC1CCOCC1)COC1CCCC1. The number of aliphatic hydroxyl groups excluding tert-OH is 1. The van der Waals surface area contributed by atoms with Crippen molar-refractivity contribution in [2.45, 2.75) is 56.8 Å². The van der Waals surface area contributed by atoms with E-state index in [1.165, 1.54) is 25.7 Å². The third-order valence-electron chi connectivity index (χ3n) is 3.69. The van der Waals surface area contributed by atoms with E-state index in [2.05, 4.69) is 5.32 Å². The monoisotopic (exact) mass is 243 g/mol. The molecule has 0 bridgehead atoms. The van der Waals surface area contributed by atoms with Crippen LogP contribution in [0, 0.1) is 0 Å². The van der Waals surface area contributed by atoms with E-state index in [4.69, 9.17) is 9.47 Å². The van der Waals surface area contributed by atoms with E-state index in [1.54, 1.807) is 0 Å². The molecule has 1 saturated heterocycles. The van der Waals surface area contributed by atoms with Gasteiger partial charge in [0.1, 0.15) is 0 Å². The van der Waals surface area contributed by atoms with Gasteiger partial charge in [-0.3, -0.25) is 0 Å². The van der Waals surface area contributed by atoms with Gasteiger partial charge in [0.15, 0.2) is 0 Å². The average Bonchev–Trinajstić information content (AvgIpc) is 2.88. The standard InChI is InChI=1S/C13H25NO3/c15-12(10-17-13-3-1-2-4-13)9-14-11-5-7-16-8-6-11/h11-15H,1-10H2. The minimum atomic E-state index is -0.376. The lowest BCUT2D eigenvalue weighted by Crippen LogP contribution is -2.40. The molecule has 17 heavy (non-hydrogen) atoms. The van der Waals surface area contributed by atoms with Crippen molar-refractivity contribution in [2.75, 3.05) is 26.4 Å². The maximum Gasteiger partial charge on any atom is 0.0897 e. The molecule has 0 amide bonds. The molecule has 0 aromatic heterocycles. The second kappa shape index (κ2) is 7.31. The van der Waals surface area contributed by atoms with Crippen molar-refractivity contribution in [3.8, 4) is 0 Å². The lowest BCUT2D eigenvalue weighted by molar-refractivity contribution is -0.00818. The molecule has 0 radical (unpaired) electrons. The fraction of sp³-hybridized carbons (Fsp3) is 1.00. The van der Waals surface area contributed by atoms with Gasteiger partial charge >= 0.3 is 0 Å². The smallest absolute Gasteiger partial charge is 0.0897 e. The topological polar surface area (TPSA) is 50.7 Å². The summed E-state index contributed by atoms with van der Waals surface area (Å²) in [6.07, 6.45) is 7.01. The van der Waals surface area contributed by atoms with E-state index < -0.39 is 0 Å². The van der Waals surface area contributed by atoms with Gasteiger partial charge in [-0.2, -0.15) is 0 Å². The van der Waals surface area contributed by atoms with Crippen molar-refractivity contribution in [1.82, 2.24) is 5.32 Å². The molecule has 1 unspecified atom stereocenters. The first-order chi connectivity index (χ1) is 8.34. The zero-order valence-corrected chi connectivity index (χ0v) is 10.6. The lowest BCUT2D eigenvalue weighted by Gasteiger charge is -2.24. The largest absolute Gasteiger partial charge is 0.389 e. The number of ether oxygens (including phenoxy) is 2. The normalized spacial score (nSPS) is 25.2. The first-order valence-corrected chi connectivity index (χ1v) is 6.95. The molecule has 1 aliphatic carbocycles. The third kappa shape index (κ3) is 4.92. The van der Waals surface area contributed by atoms with E-state index in [9.17, 15) is 5.11 Å². The molecular formula is C13H25NO3. The summed E-state index contributed by atoms with van der Waals surface area (Å²) in [5, 5.41) is 13.2. The Kier molecular flexibility index (Phi) is 5.71. The van der Waals surface area contributed by atoms with E-state index in [1.807, 2.05) is 0 Å². The summed E-state index contributed by atoms with van der Waals surface area (Å²) in [5.74, 6) is 0. The molecule has 0 spiro atoms. The summed E-state index contributed by atoms with van der Waals surface area (Å²) in [7, 11) is 0. The van der Waals surface area contributed by atoms with Crippen LogP contribution < -0.4 is 5.32 Å². The molecule has 100 valence electrons. The van der Waals surface area contributed by atoms with Crippen LogP contribution in [0.3, 0.4) is 0 Å². The van der Waals surface area contributed by atoms with Crippen LogP contribution in [0.1, 0.15) is 38.5 Å². The van der Waals surface area contributed by atoms with Gasteiger partial charge in [0.25, 0.3) is 0 Å². The van der Waals surface area contributed by atoms with Crippen LogP contribution in [0.25, 0.3) is 0 Å². The first kappa shape index (κ1) is 13.3. The summed E-state index contributed by atoms with van der Waals surface area (Å²) in [6.45, 7) is 2.79. The predicted molar refractivity (Wildman–Crippen MR) is 66.1 cm³/mol.